The summed E-state index contributed by atoms with van der Waals surface area (Å²) in [5.41, 5.74) is 4.84. The van der Waals surface area contributed by atoms with Crippen molar-refractivity contribution in [1.29, 1.82) is 0 Å². The number of benzene rings is 1. The summed E-state index contributed by atoms with van der Waals surface area (Å²) in [6.45, 7) is 3.55. The lowest BCUT2D eigenvalue weighted by atomic mass is 9.69. The minimum absolute atomic E-state index is 0.664. The highest BCUT2D eigenvalue weighted by Gasteiger charge is 2.30. The van der Waals surface area contributed by atoms with Gasteiger partial charge in [0.05, 0.1) is 0 Å². The van der Waals surface area contributed by atoms with Gasteiger partial charge in [0.25, 0.3) is 0 Å². The Hall–Kier alpha value is -0.820. The molecule has 2 fully saturated rings. The Morgan fingerprint density at radius 3 is 2.52 bits per heavy atom. The van der Waals surface area contributed by atoms with E-state index in [2.05, 4.69) is 30.4 Å². The molecule has 3 aliphatic rings. The summed E-state index contributed by atoms with van der Waals surface area (Å²) in [6, 6.07) is 7.97. The van der Waals surface area contributed by atoms with E-state index in [1.54, 1.807) is 11.1 Å². The quantitative estimate of drug-likeness (QED) is 0.801. The van der Waals surface area contributed by atoms with Crippen LogP contribution in [0.15, 0.2) is 18.2 Å². The van der Waals surface area contributed by atoms with E-state index in [4.69, 9.17) is 0 Å². The Morgan fingerprint density at radius 1 is 1.00 bits per heavy atom. The van der Waals surface area contributed by atoms with Gasteiger partial charge in [-0.25, -0.2) is 0 Å². The molecule has 0 aromatic heterocycles. The fraction of sp³-hybridized carbons (Fsp3) is 0.700. The molecule has 1 aromatic rings. The van der Waals surface area contributed by atoms with Crippen LogP contribution < -0.4 is 5.32 Å². The Bertz CT molecular complexity index is 495. The minimum atomic E-state index is 0.664. The van der Waals surface area contributed by atoms with Crippen molar-refractivity contribution in [2.75, 3.05) is 6.54 Å². The number of nitrogens with one attached hydrogen (secondary N) is 1. The number of aryl methyl sites for hydroxylation is 1. The van der Waals surface area contributed by atoms with Crippen LogP contribution in [0.2, 0.25) is 0 Å². The van der Waals surface area contributed by atoms with Crippen LogP contribution in [-0.2, 0) is 12.8 Å². The molecule has 1 heteroatoms. The second-order valence-corrected chi connectivity index (χ2v) is 7.68. The van der Waals surface area contributed by atoms with Crippen molar-refractivity contribution in [3.05, 3.63) is 34.9 Å². The average molecular weight is 283 g/mol. The van der Waals surface area contributed by atoms with Gasteiger partial charge in [0.15, 0.2) is 0 Å². The zero-order chi connectivity index (χ0) is 14.2. The first-order valence-electron chi connectivity index (χ1n) is 9.18. The van der Waals surface area contributed by atoms with E-state index in [0.717, 1.165) is 17.8 Å². The first kappa shape index (κ1) is 13.8. The highest BCUT2D eigenvalue weighted by atomic mass is 15.1. The zero-order valence-corrected chi connectivity index (χ0v) is 13.4. The van der Waals surface area contributed by atoms with Crippen LogP contribution in [0.5, 0.6) is 0 Å². The SMILES string of the molecule is CCC1CCC(C2CCc3cc(C4CN4)ccc3C2)CC1. The summed E-state index contributed by atoms with van der Waals surface area (Å²) in [5, 5.41) is 3.43. The van der Waals surface area contributed by atoms with Crippen molar-refractivity contribution in [2.45, 2.75) is 64.3 Å². The molecule has 4 rings (SSSR count). The Balaban J connectivity index is 1.42. The maximum absolute atomic E-state index is 3.43. The molecule has 1 aliphatic heterocycles. The van der Waals surface area contributed by atoms with Gasteiger partial charge in [-0.15, -0.1) is 0 Å². The van der Waals surface area contributed by atoms with Crippen LogP contribution in [0.4, 0.5) is 0 Å². The van der Waals surface area contributed by atoms with E-state index in [1.807, 2.05) is 0 Å². The molecule has 1 N–H and O–H groups in total. The Labute approximate surface area is 129 Å². The van der Waals surface area contributed by atoms with E-state index in [1.165, 1.54) is 63.5 Å². The van der Waals surface area contributed by atoms with Gasteiger partial charge in [-0.3, -0.25) is 0 Å². The number of rotatable bonds is 3. The van der Waals surface area contributed by atoms with Gasteiger partial charge in [-0.1, -0.05) is 44.4 Å². The fourth-order valence-corrected chi connectivity index (χ4v) is 4.78. The van der Waals surface area contributed by atoms with Crippen molar-refractivity contribution < 1.29 is 0 Å². The summed E-state index contributed by atoms with van der Waals surface area (Å²) < 4.78 is 0. The molecule has 0 bridgehead atoms. The summed E-state index contributed by atoms with van der Waals surface area (Å²) in [5.74, 6) is 3.02. The summed E-state index contributed by atoms with van der Waals surface area (Å²) in [6.07, 6.45) is 11.5. The summed E-state index contributed by atoms with van der Waals surface area (Å²) >= 11 is 0. The van der Waals surface area contributed by atoms with Gasteiger partial charge in [-0.05, 0) is 66.5 Å². The molecule has 2 atom stereocenters. The third-order valence-electron chi connectivity index (χ3n) is 6.44. The van der Waals surface area contributed by atoms with Crippen molar-refractivity contribution in [1.82, 2.24) is 5.32 Å². The predicted octanol–water partition coefficient (Wildman–Crippen LogP) is 4.65. The van der Waals surface area contributed by atoms with Crippen LogP contribution >= 0.6 is 0 Å². The van der Waals surface area contributed by atoms with E-state index in [9.17, 15) is 0 Å². The van der Waals surface area contributed by atoms with Gasteiger partial charge in [0, 0.05) is 12.6 Å². The van der Waals surface area contributed by atoms with Crippen molar-refractivity contribution >= 4 is 0 Å². The summed E-state index contributed by atoms with van der Waals surface area (Å²) in [7, 11) is 0. The van der Waals surface area contributed by atoms with E-state index < -0.39 is 0 Å². The fourth-order valence-electron chi connectivity index (χ4n) is 4.78. The lowest BCUT2D eigenvalue weighted by Crippen LogP contribution is -2.26. The normalized spacial score (nSPS) is 35.3. The highest BCUT2D eigenvalue weighted by molar-refractivity contribution is 5.37. The molecule has 0 amide bonds. The van der Waals surface area contributed by atoms with Gasteiger partial charge < -0.3 is 5.32 Å². The van der Waals surface area contributed by atoms with Crippen LogP contribution in [0.25, 0.3) is 0 Å². The van der Waals surface area contributed by atoms with Gasteiger partial charge in [0.2, 0.25) is 0 Å². The Kier molecular flexibility index (Phi) is 3.79. The van der Waals surface area contributed by atoms with Crippen molar-refractivity contribution in [2.24, 2.45) is 17.8 Å². The lowest BCUT2D eigenvalue weighted by Gasteiger charge is -2.36. The van der Waals surface area contributed by atoms with E-state index in [-0.39, 0.29) is 0 Å². The first-order valence-corrected chi connectivity index (χ1v) is 9.18. The predicted molar refractivity (Wildman–Crippen MR) is 88.4 cm³/mol. The monoisotopic (exact) mass is 283 g/mol. The van der Waals surface area contributed by atoms with E-state index >= 15 is 0 Å². The smallest absolute Gasteiger partial charge is 0.0447 e. The zero-order valence-electron chi connectivity index (χ0n) is 13.4. The van der Waals surface area contributed by atoms with E-state index in [0.29, 0.717) is 6.04 Å². The van der Waals surface area contributed by atoms with Crippen molar-refractivity contribution in [3.8, 4) is 0 Å². The number of fused-ring (bicyclic) bond motifs is 1. The molecular weight excluding hydrogens is 254 g/mol. The van der Waals surface area contributed by atoms with Gasteiger partial charge in [0.1, 0.15) is 0 Å². The molecule has 114 valence electrons. The summed E-state index contributed by atoms with van der Waals surface area (Å²) in [4.78, 5) is 0. The molecule has 1 saturated carbocycles. The van der Waals surface area contributed by atoms with Crippen molar-refractivity contribution in [3.63, 3.8) is 0 Å². The molecule has 0 radical (unpaired) electrons. The molecular formula is C20H29N. The molecule has 1 saturated heterocycles. The average Bonchev–Trinajstić information content (AvgIpc) is 3.39. The van der Waals surface area contributed by atoms with Gasteiger partial charge in [-0.2, -0.15) is 0 Å². The molecule has 21 heavy (non-hydrogen) atoms. The molecule has 0 spiro atoms. The van der Waals surface area contributed by atoms with Crippen LogP contribution in [0.3, 0.4) is 0 Å². The van der Waals surface area contributed by atoms with Crippen LogP contribution in [0.1, 0.15) is 68.2 Å². The maximum atomic E-state index is 3.43. The third-order valence-corrected chi connectivity index (χ3v) is 6.44. The molecule has 2 unspecified atom stereocenters. The standard InChI is InChI=1S/C20H29N/c1-2-14-3-5-15(6-4-14)16-7-8-18-12-19(20-13-21-20)10-9-17(18)11-16/h9-10,12,14-16,20-21H,2-8,11,13H2,1H3. The number of hydrogen-bond acceptors (Lipinski definition) is 1. The largest absolute Gasteiger partial charge is 0.307 e. The molecule has 1 aromatic carbocycles. The lowest BCUT2D eigenvalue weighted by molar-refractivity contribution is 0.187. The first-order chi connectivity index (χ1) is 10.3. The molecule has 1 heterocycles. The molecule has 1 nitrogen and oxygen atoms in total. The number of hydrogen-bond donors (Lipinski definition) is 1. The molecule has 2 aliphatic carbocycles. The van der Waals surface area contributed by atoms with Gasteiger partial charge >= 0.3 is 0 Å². The Morgan fingerprint density at radius 2 is 1.81 bits per heavy atom. The third kappa shape index (κ3) is 2.90. The second kappa shape index (κ2) is 5.76. The minimum Gasteiger partial charge on any atom is -0.307 e. The second-order valence-electron chi connectivity index (χ2n) is 7.68. The van der Waals surface area contributed by atoms with Crippen LogP contribution in [-0.4, -0.2) is 6.54 Å². The topological polar surface area (TPSA) is 21.9 Å². The van der Waals surface area contributed by atoms with Crippen LogP contribution in [0, 0.1) is 17.8 Å². The maximum Gasteiger partial charge on any atom is 0.0447 e. The highest BCUT2D eigenvalue weighted by Crippen LogP contribution is 2.40.